The third-order valence-electron chi connectivity index (χ3n) is 2.90. The molecule has 0 aliphatic heterocycles. The van der Waals surface area contributed by atoms with Crippen molar-refractivity contribution in [2.75, 3.05) is 11.9 Å². The predicted molar refractivity (Wildman–Crippen MR) is 84.9 cm³/mol. The largest absolute Gasteiger partial charge is 0.458 e. The average molecular weight is 362 g/mol. The Morgan fingerprint density at radius 1 is 1.08 bits per heavy atom. The third-order valence-corrected chi connectivity index (χ3v) is 2.90. The summed E-state index contributed by atoms with van der Waals surface area (Å²) in [5.41, 5.74) is -3.47. The van der Waals surface area contributed by atoms with Gasteiger partial charge in [0.25, 0.3) is 0 Å². The van der Waals surface area contributed by atoms with Crippen LogP contribution >= 0.6 is 0 Å². The quantitative estimate of drug-likeness (QED) is 0.719. The van der Waals surface area contributed by atoms with Gasteiger partial charge < -0.3 is 20.5 Å². The van der Waals surface area contributed by atoms with Gasteiger partial charge in [0.1, 0.15) is 5.60 Å². The van der Waals surface area contributed by atoms with Gasteiger partial charge in [-0.1, -0.05) is 0 Å². The molecule has 0 aromatic heterocycles. The summed E-state index contributed by atoms with van der Waals surface area (Å²) in [7, 11) is 0. The topological polar surface area (TPSA) is 87.7 Å². The first-order valence-corrected chi connectivity index (χ1v) is 7.39. The van der Waals surface area contributed by atoms with E-state index in [0.717, 1.165) is 24.3 Å². The maximum Gasteiger partial charge on any atom is 0.416 e. The highest BCUT2D eigenvalue weighted by Crippen LogP contribution is 2.29. The lowest BCUT2D eigenvalue weighted by atomic mass is 10.1. The van der Waals surface area contributed by atoms with Crippen LogP contribution < -0.4 is 10.6 Å². The lowest BCUT2D eigenvalue weighted by Crippen LogP contribution is -2.50. The molecule has 0 saturated carbocycles. The molecule has 1 aromatic rings. The number of ether oxygens (including phenoxy) is 1. The van der Waals surface area contributed by atoms with E-state index in [-0.39, 0.29) is 5.69 Å². The van der Waals surface area contributed by atoms with Crippen LogP contribution in [0.1, 0.15) is 33.3 Å². The monoisotopic (exact) mass is 362 g/mol. The number of hydrogen-bond donors (Lipinski definition) is 3. The molecule has 9 heteroatoms. The first kappa shape index (κ1) is 20.8. The maximum atomic E-state index is 12.5. The van der Waals surface area contributed by atoms with E-state index in [4.69, 9.17) is 4.74 Å². The number of anilines is 1. The van der Waals surface area contributed by atoms with Crippen LogP contribution in [0, 0.1) is 0 Å². The van der Waals surface area contributed by atoms with Crippen molar-refractivity contribution in [2.24, 2.45) is 0 Å². The van der Waals surface area contributed by atoms with Crippen LogP contribution in [0.2, 0.25) is 0 Å². The maximum absolute atomic E-state index is 12.5. The fourth-order valence-electron chi connectivity index (χ4n) is 1.63. The summed E-state index contributed by atoms with van der Waals surface area (Å²) in [6, 6.07) is 3.05. The number of benzene rings is 1. The molecular formula is C16H21F3N2O4. The van der Waals surface area contributed by atoms with Gasteiger partial charge in [0.15, 0.2) is 5.60 Å². The second-order valence-corrected chi connectivity index (χ2v) is 6.66. The van der Waals surface area contributed by atoms with Crippen LogP contribution in [0.25, 0.3) is 0 Å². The number of carbonyl (C=O) groups excluding carboxylic acids is 2. The Morgan fingerprint density at radius 3 is 2.04 bits per heavy atom. The summed E-state index contributed by atoms with van der Waals surface area (Å²) >= 11 is 0. The first-order valence-electron chi connectivity index (χ1n) is 7.39. The Bertz CT molecular complexity index is 620. The molecule has 0 bridgehead atoms. The zero-order valence-corrected chi connectivity index (χ0v) is 14.3. The minimum atomic E-state index is -4.47. The van der Waals surface area contributed by atoms with Gasteiger partial charge >= 0.3 is 18.2 Å². The molecule has 1 aromatic carbocycles. The zero-order chi connectivity index (χ0) is 19.5. The highest BCUT2D eigenvalue weighted by molar-refractivity contribution is 5.90. The van der Waals surface area contributed by atoms with Gasteiger partial charge in [0.2, 0.25) is 0 Å². The normalized spacial score (nSPS) is 14.4. The van der Waals surface area contributed by atoms with E-state index in [1.165, 1.54) is 6.92 Å². The van der Waals surface area contributed by atoms with E-state index in [9.17, 15) is 27.9 Å². The molecular weight excluding hydrogens is 341 g/mol. The molecule has 0 spiro atoms. The van der Waals surface area contributed by atoms with Gasteiger partial charge in [0, 0.05) is 5.69 Å². The number of alkyl halides is 3. The number of rotatable bonds is 4. The van der Waals surface area contributed by atoms with E-state index >= 15 is 0 Å². The van der Waals surface area contributed by atoms with Crippen LogP contribution in [0.3, 0.4) is 0 Å². The predicted octanol–water partition coefficient (Wildman–Crippen LogP) is 2.92. The van der Waals surface area contributed by atoms with E-state index in [0.29, 0.717) is 0 Å². The fraction of sp³-hybridized carbons (Fsp3) is 0.500. The SMILES string of the molecule is CC(C)(C)OC(=O)[C@](C)(O)CNC(=O)Nc1ccc(C(F)(F)F)cc1. The number of hydrogen-bond acceptors (Lipinski definition) is 4. The Kier molecular flexibility index (Phi) is 6.06. The van der Waals surface area contributed by atoms with E-state index in [1.54, 1.807) is 20.8 Å². The highest BCUT2D eigenvalue weighted by Gasteiger charge is 2.35. The molecule has 2 amide bonds. The Balaban J connectivity index is 2.58. The summed E-state index contributed by atoms with van der Waals surface area (Å²) in [5, 5.41) is 14.6. The standard InChI is InChI=1S/C16H21F3N2O4/c1-14(2,3)25-12(22)15(4,24)9-20-13(23)21-11-7-5-10(6-8-11)16(17,18)19/h5-8,24H,9H2,1-4H3,(H2,20,21,23)/t15-/m1/s1. The Hall–Kier alpha value is -2.29. The molecule has 6 nitrogen and oxygen atoms in total. The molecule has 3 N–H and O–H groups in total. The van der Waals surface area contributed by atoms with Crippen molar-refractivity contribution >= 4 is 17.7 Å². The minimum Gasteiger partial charge on any atom is -0.458 e. The van der Waals surface area contributed by atoms with Crippen LogP contribution in [0.5, 0.6) is 0 Å². The van der Waals surface area contributed by atoms with Gasteiger partial charge in [-0.05, 0) is 52.0 Å². The highest BCUT2D eigenvalue weighted by atomic mass is 19.4. The van der Waals surface area contributed by atoms with E-state index in [2.05, 4.69) is 10.6 Å². The number of halogens is 3. The van der Waals surface area contributed by atoms with Gasteiger partial charge in [0.05, 0.1) is 12.1 Å². The van der Waals surface area contributed by atoms with Crippen LogP contribution in [-0.2, 0) is 15.7 Å². The molecule has 0 heterocycles. The van der Waals surface area contributed by atoms with Crippen molar-refractivity contribution in [3.63, 3.8) is 0 Å². The van der Waals surface area contributed by atoms with E-state index in [1.807, 2.05) is 0 Å². The summed E-state index contributed by atoms with van der Waals surface area (Å²) in [6.45, 7) is 5.64. The smallest absolute Gasteiger partial charge is 0.416 e. The van der Waals surface area contributed by atoms with Crippen LogP contribution in [0.15, 0.2) is 24.3 Å². The molecule has 0 fully saturated rings. The number of amides is 2. The van der Waals surface area contributed by atoms with E-state index < -0.39 is 41.5 Å². The van der Waals surface area contributed by atoms with Crippen molar-refractivity contribution in [3.05, 3.63) is 29.8 Å². The Morgan fingerprint density at radius 2 is 1.60 bits per heavy atom. The molecule has 1 rings (SSSR count). The first-order chi connectivity index (χ1) is 11.2. The summed E-state index contributed by atoms with van der Waals surface area (Å²) in [4.78, 5) is 23.6. The van der Waals surface area contributed by atoms with Crippen molar-refractivity contribution < 1.29 is 32.6 Å². The number of esters is 1. The average Bonchev–Trinajstić information content (AvgIpc) is 2.43. The molecule has 0 aliphatic rings. The van der Waals surface area contributed by atoms with Crippen molar-refractivity contribution in [1.82, 2.24) is 5.32 Å². The summed E-state index contributed by atoms with van der Waals surface area (Å²) < 4.78 is 42.4. The molecule has 0 radical (unpaired) electrons. The summed E-state index contributed by atoms with van der Waals surface area (Å²) in [6.07, 6.45) is -4.47. The number of carbonyl (C=O) groups is 2. The van der Waals surface area contributed by atoms with Crippen molar-refractivity contribution in [2.45, 2.75) is 45.1 Å². The van der Waals surface area contributed by atoms with Gasteiger partial charge in [-0.3, -0.25) is 0 Å². The number of nitrogens with one attached hydrogen (secondary N) is 2. The molecule has 1 atom stereocenters. The summed E-state index contributed by atoms with van der Waals surface area (Å²) in [5.74, 6) is -0.908. The van der Waals surface area contributed by atoms with Crippen molar-refractivity contribution in [3.8, 4) is 0 Å². The van der Waals surface area contributed by atoms with Gasteiger partial charge in [-0.2, -0.15) is 13.2 Å². The second-order valence-electron chi connectivity index (χ2n) is 6.66. The lowest BCUT2D eigenvalue weighted by molar-refractivity contribution is -0.174. The van der Waals surface area contributed by atoms with Gasteiger partial charge in [-0.25, -0.2) is 9.59 Å². The van der Waals surface area contributed by atoms with Crippen LogP contribution in [0.4, 0.5) is 23.7 Å². The third kappa shape index (κ3) is 7.00. The zero-order valence-electron chi connectivity index (χ0n) is 14.3. The molecule has 0 aliphatic carbocycles. The number of urea groups is 1. The lowest BCUT2D eigenvalue weighted by Gasteiger charge is -2.27. The minimum absolute atomic E-state index is 0.127. The number of aliphatic hydroxyl groups is 1. The molecule has 0 unspecified atom stereocenters. The Labute approximate surface area is 143 Å². The fourth-order valence-corrected chi connectivity index (χ4v) is 1.63. The van der Waals surface area contributed by atoms with Gasteiger partial charge in [-0.15, -0.1) is 0 Å². The molecule has 25 heavy (non-hydrogen) atoms. The second kappa shape index (κ2) is 7.30. The molecule has 0 saturated heterocycles. The van der Waals surface area contributed by atoms with Crippen LogP contribution in [-0.4, -0.2) is 34.9 Å². The molecule has 140 valence electrons. The van der Waals surface area contributed by atoms with Crippen molar-refractivity contribution in [1.29, 1.82) is 0 Å².